The first-order chi connectivity index (χ1) is 10.7. The third-order valence-electron chi connectivity index (χ3n) is 3.01. The Kier molecular flexibility index (Phi) is 7.22. The van der Waals surface area contributed by atoms with Crippen LogP contribution in [0.25, 0.3) is 0 Å². The summed E-state index contributed by atoms with van der Waals surface area (Å²) in [6, 6.07) is 4.14. The average molecular weight is 385 g/mol. The zero-order valence-corrected chi connectivity index (χ0v) is 15.2. The zero-order chi connectivity index (χ0) is 17.6. The standard InChI is InChI=1S/C16H21BrN2O4/c1-9(2)7-14(20)18-10(3)15(21)19-13-6-5-11(17)8-12(13)16(22)23-4/h5-6,8-10H,7H2,1-4H3,(H,18,20)(H,19,21)/t10-/m0/s1. The lowest BCUT2D eigenvalue weighted by Crippen LogP contribution is -2.42. The van der Waals surface area contributed by atoms with E-state index in [2.05, 4.69) is 26.6 Å². The minimum absolute atomic E-state index is 0.188. The number of ether oxygens (including phenoxy) is 1. The average Bonchev–Trinajstić information content (AvgIpc) is 2.47. The van der Waals surface area contributed by atoms with Gasteiger partial charge in [-0.05, 0) is 31.0 Å². The largest absolute Gasteiger partial charge is 0.465 e. The lowest BCUT2D eigenvalue weighted by molar-refractivity contribution is -0.126. The van der Waals surface area contributed by atoms with Crippen molar-refractivity contribution in [2.45, 2.75) is 33.2 Å². The number of hydrogen-bond donors (Lipinski definition) is 2. The second kappa shape index (κ2) is 8.67. The topological polar surface area (TPSA) is 84.5 Å². The summed E-state index contributed by atoms with van der Waals surface area (Å²) in [5, 5.41) is 5.26. The van der Waals surface area contributed by atoms with Crippen molar-refractivity contribution >= 4 is 39.4 Å². The van der Waals surface area contributed by atoms with E-state index in [1.807, 2.05) is 13.8 Å². The fourth-order valence-electron chi connectivity index (χ4n) is 1.88. The minimum Gasteiger partial charge on any atom is -0.465 e. The van der Waals surface area contributed by atoms with Crippen molar-refractivity contribution in [2.24, 2.45) is 5.92 Å². The molecule has 1 aromatic rings. The first-order valence-corrected chi connectivity index (χ1v) is 8.02. The first-order valence-electron chi connectivity index (χ1n) is 7.22. The van der Waals surface area contributed by atoms with Crippen LogP contribution in [0.3, 0.4) is 0 Å². The van der Waals surface area contributed by atoms with Crippen LogP contribution in [0, 0.1) is 5.92 Å². The number of rotatable bonds is 6. The van der Waals surface area contributed by atoms with Crippen molar-refractivity contribution in [3.63, 3.8) is 0 Å². The number of amides is 2. The molecule has 2 N–H and O–H groups in total. The van der Waals surface area contributed by atoms with Gasteiger partial charge in [0.15, 0.2) is 0 Å². The van der Waals surface area contributed by atoms with Gasteiger partial charge in [-0.15, -0.1) is 0 Å². The second-order valence-electron chi connectivity index (χ2n) is 5.56. The lowest BCUT2D eigenvalue weighted by Gasteiger charge is -2.16. The highest BCUT2D eigenvalue weighted by Gasteiger charge is 2.19. The SMILES string of the molecule is COC(=O)c1cc(Br)ccc1NC(=O)[C@H](C)NC(=O)CC(C)C. The molecule has 0 heterocycles. The molecule has 23 heavy (non-hydrogen) atoms. The number of halogens is 1. The number of hydrogen-bond acceptors (Lipinski definition) is 4. The second-order valence-corrected chi connectivity index (χ2v) is 6.47. The van der Waals surface area contributed by atoms with Crippen LogP contribution >= 0.6 is 15.9 Å². The summed E-state index contributed by atoms with van der Waals surface area (Å²) in [4.78, 5) is 35.7. The van der Waals surface area contributed by atoms with Crippen LogP contribution in [-0.4, -0.2) is 30.9 Å². The maximum absolute atomic E-state index is 12.2. The van der Waals surface area contributed by atoms with E-state index in [1.54, 1.807) is 25.1 Å². The summed E-state index contributed by atoms with van der Waals surface area (Å²) >= 11 is 3.27. The molecule has 0 radical (unpaired) electrons. The molecule has 0 saturated heterocycles. The Bertz CT molecular complexity index is 602. The highest BCUT2D eigenvalue weighted by molar-refractivity contribution is 9.10. The van der Waals surface area contributed by atoms with E-state index in [4.69, 9.17) is 4.74 Å². The number of benzene rings is 1. The van der Waals surface area contributed by atoms with Crippen LogP contribution in [0.5, 0.6) is 0 Å². The Labute approximate surface area is 144 Å². The number of nitrogens with one attached hydrogen (secondary N) is 2. The molecule has 0 saturated carbocycles. The maximum atomic E-state index is 12.2. The van der Waals surface area contributed by atoms with E-state index in [-0.39, 0.29) is 17.4 Å². The van der Waals surface area contributed by atoms with Gasteiger partial charge in [-0.25, -0.2) is 4.79 Å². The van der Waals surface area contributed by atoms with E-state index in [0.717, 1.165) is 0 Å². The highest BCUT2D eigenvalue weighted by atomic mass is 79.9. The van der Waals surface area contributed by atoms with Crippen LogP contribution < -0.4 is 10.6 Å². The maximum Gasteiger partial charge on any atom is 0.340 e. The number of anilines is 1. The fourth-order valence-corrected chi connectivity index (χ4v) is 2.24. The van der Waals surface area contributed by atoms with Gasteiger partial charge in [-0.3, -0.25) is 9.59 Å². The molecule has 1 rings (SSSR count). The Morgan fingerprint density at radius 1 is 1.22 bits per heavy atom. The molecule has 1 atom stereocenters. The molecule has 126 valence electrons. The number of carbonyl (C=O) groups is 3. The van der Waals surface area contributed by atoms with Crippen LogP contribution in [0.4, 0.5) is 5.69 Å². The molecule has 0 unspecified atom stereocenters. The molecular formula is C16H21BrN2O4. The van der Waals surface area contributed by atoms with E-state index in [9.17, 15) is 14.4 Å². The summed E-state index contributed by atoms with van der Waals surface area (Å²) in [6.45, 7) is 5.44. The van der Waals surface area contributed by atoms with Crippen molar-refractivity contribution in [1.82, 2.24) is 5.32 Å². The van der Waals surface area contributed by atoms with Gasteiger partial charge >= 0.3 is 5.97 Å². The highest BCUT2D eigenvalue weighted by Crippen LogP contribution is 2.22. The van der Waals surface area contributed by atoms with E-state index < -0.39 is 17.9 Å². The number of esters is 1. The van der Waals surface area contributed by atoms with Crippen molar-refractivity contribution in [2.75, 3.05) is 12.4 Å². The molecule has 0 aromatic heterocycles. The third-order valence-corrected chi connectivity index (χ3v) is 3.50. The molecule has 7 heteroatoms. The van der Waals surface area contributed by atoms with E-state index in [1.165, 1.54) is 7.11 Å². The molecule has 0 aliphatic rings. The first kappa shape index (κ1) is 19.2. The van der Waals surface area contributed by atoms with Gasteiger partial charge in [0.05, 0.1) is 18.4 Å². The smallest absolute Gasteiger partial charge is 0.340 e. The molecule has 0 spiro atoms. The van der Waals surface area contributed by atoms with Gasteiger partial charge in [-0.2, -0.15) is 0 Å². The third kappa shape index (κ3) is 6.02. The Morgan fingerprint density at radius 2 is 1.87 bits per heavy atom. The molecule has 0 aliphatic heterocycles. The lowest BCUT2D eigenvalue weighted by atomic mass is 10.1. The normalized spacial score (nSPS) is 11.7. The van der Waals surface area contributed by atoms with Crippen LogP contribution in [0.15, 0.2) is 22.7 Å². The Hall–Kier alpha value is -1.89. The molecule has 0 aliphatic carbocycles. The van der Waals surface area contributed by atoms with Gasteiger partial charge in [0.2, 0.25) is 11.8 Å². The number of carbonyl (C=O) groups excluding carboxylic acids is 3. The predicted molar refractivity (Wildman–Crippen MR) is 91.2 cm³/mol. The summed E-state index contributed by atoms with van der Waals surface area (Å²) in [7, 11) is 1.27. The monoisotopic (exact) mass is 384 g/mol. The molecular weight excluding hydrogens is 364 g/mol. The van der Waals surface area contributed by atoms with Crippen molar-refractivity contribution in [1.29, 1.82) is 0 Å². The van der Waals surface area contributed by atoms with E-state index in [0.29, 0.717) is 16.6 Å². The van der Waals surface area contributed by atoms with Gasteiger partial charge in [0.25, 0.3) is 0 Å². The Morgan fingerprint density at radius 3 is 2.43 bits per heavy atom. The van der Waals surface area contributed by atoms with Gasteiger partial charge < -0.3 is 15.4 Å². The summed E-state index contributed by atoms with van der Waals surface area (Å²) in [5.41, 5.74) is 0.561. The summed E-state index contributed by atoms with van der Waals surface area (Å²) < 4.78 is 5.39. The number of methoxy groups -OCH3 is 1. The molecule has 0 fully saturated rings. The molecule has 1 aromatic carbocycles. The summed E-state index contributed by atoms with van der Waals surface area (Å²) in [5.74, 6) is -0.943. The van der Waals surface area contributed by atoms with Gasteiger partial charge in [0, 0.05) is 10.9 Å². The molecule has 6 nitrogen and oxygen atoms in total. The fraction of sp³-hybridized carbons (Fsp3) is 0.438. The van der Waals surface area contributed by atoms with Crippen molar-refractivity contribution in [3.8, 4) is 0 Å². The summed E-state index contributed by atoms with van der Waals surface area (Å²) in [6.07, 6.45) is 0.351. The zero-order valence-electron chi connectivity index (χ0n) is 13.6. The van der Waals surface area contributed by atoms with Crippen LogP contribution in [0.1, 0.15) is 37.6 Å². The van der Waals surface area contributed by atoms with Gasteiger partial charge in [-0.1, -0.05) is 29.8 Å². The minimum atomic E-state index is -0.713. The van der Waals surface area contributed by atoms with Crippen molar-refractivity contribution in [3.05, 3.63) is 28.2 Å². The van der Waals surface area contributed by atoms with Gasteiger partial charge in [0.1, 0.15) is 6.04 Å². The predicted octanol–water partition coefficient (Wildman–Crippen LogP) is 2.73. The van der Waals surface area contributed by atoms with E-state index >= 15 is 0 Å². The molecule has 0 bridgehead atoms. The van der Waals surface area contributed by atoms with Crippen LogP contribution in [0.2, 0.25) is 0 Å². The Balaban J connectivity index is 2.81. The molecule has 2 amide bonds. The van der Waals surface area contributed by atoms with Crippen molar-refractivity contribution < 1.29 is 19.1 Å². The van der Waals surface area contributed by atoms with Crippen LogP contribution in [-0.2, 0) is 14.3 Å². The quantitative estimate of drug-likeness (QED) is 0.738.